The van der Waals surface area contributed by atoms with Crippen LogP contribution in [0.2, 0.25) is 0 Å². The highest BCUT2D eigenvalue weighted by atomic mass is 16.2. The van der Waals surface area contributed by atoms with Crippen molar-refractivity contribution in [2.24, 2.45) is 0 Å². The monoisotopic (exact) mass is 319 g/mol. The summed E-state index contributed by atoms with van der Waals surface area (Å²) in [6.07, 6.45) is 3.84. The predicted molar refractivity (Wildman–Crippen MR) is 99.1 cm³/mol. The summed E-state index contributed by atoms with van der Waals surface area (Å²) in [6.45, 7) is 10.4. The Balaban J connectivity index is 2.19. The van der Waals surface area contributed by atoms with Gasteiger partial charge in [-0.25, -0.2) is 4.85 Å². The molecule has 0 saturated heterocycles. The fourth-order valence-electron chi connectivity index (χ4n) is 3.09. The van der Waals surface area contributed by atoms with E-state index in [1.807, 2.05) is 37.3 Å². The molecule has 0 aliphatic carbocycles. The van der Waals surface area contributed by atoms with Crippen LogP contribution in [-0.2, 0) is 6.54 Å². The first kappa shape index (κ1) is 16.1. The number of anilines is 1. The summed E-state index contributed by atoms with van der Waals surface area (Å²) < 4.78 is 2.21. The Kier molecular flexibility index (Phi) is 4.54. The maximum atomic E-state index is 9.02. The van der Waals surface area contributed by atoms with Gasteiger partial charge in [-0.1, -0.05) is 18.2 Å². The second-order valence-electron chi connectivity index (χ2n) is 6.00. The van der Waals surface area contributed by atoms with Gasteiger partial charge in [0, 0.05) is 36.1 Å². The van der Waals surface area contributed by atoms with Gasteiger partial charge in [0.2, 0.25) is 0 Å². The minimum Gasteiger partial charge on any atom is -0.398 e. The highest BCUT2D eigenvalue weighted by Crippen LogP contribution is 2.36. The maximum absolute atomic E-state index is 9.02. The number of unbranched alkanes of at least 4 members (excludes halogenated alkanes) is 1. The minimum absolute atomic E-state index is 0.211. The molecule has 1 aromatic heterocycles. The maximum Gasteiger partial charge on any atom is 0.188 e. The number of nitrogen functional groups attached to an aromatic ring is 1. The molecule has 0 saturated carbocycles. The van der Waals surface area contributed by atoms with Crippen LogP contribution in [0.1, 0.15) is 18.4 Å². The number of aromatic nitrogens is 1. The van der Waals surface area contributed by atoms with Crippen molar-refractivity contribution in [1.82, 2.24) is 4.57 Å². The molecule has 0 bridgehead atoms. The topological polar surface area (TPSA) is 55.5 Å². The fraction of sp³-hybridized carbons (Fsp3) is 0.250. The smallest absolute Gasteiger partial charge is 0.188 e. The zero-order chi connectivity index (χ0) is 17.1. The van der Waals surface area contributed by atoms with Crippen LogP contribution in [0.25, 0.3) is 26.9 Å². The third kappa shape index (κ3) is 2.86. The van der Waals surface area contributed by atoms with Gasteiger partial charge >= 0.3 is 0 Å². The van der Waals surface area contributed by atoms with E-state index in [0.717, 1.165) is 52.7 Å². The number of hydrogen-bond donors (Lipinski definition) is 2. The van der Waals surface area contributed by atoms with Crippen molar-refractivity contribution >= 4 is 22.3 Å². The van der Waals surface area contributed by atoms with Crippen molar-refractivity contribution in [3.63, 3.8) is 0 Å². The lowest BCUT2D eigenvalue weighted by Gasteiger charge is -2.07. The fourth-order valence-corrected chi connectivity index (χ4v) is 3.09. The van der Waals surface area contributed by atoms with Crippen LogP contribution in [0.3, 0.4) is 0 Å². The van der Waals surface area contributed by atoms with Gasteiger partial charge in [0.25, 0.3) is 0 Å². The Bertz CT molecular complexity index is 919. The van der Waals surface area contributed by atoms with Crippen LogP contribution in [0, 0.1) is 13.5 Å². The Morgan fingerprint density at radius 1 is 1.17 bits per heavy atom. The van der Waals surface area contributed by atoms with Gasteiger partial charge in [-0.05, 0) is 54.5 Å². The van der Waals surface area contributed by atoms with Crippen LogP contribution >= 0.6 is 0 Å². The SMILES string of the molecule is [C-]#[N+]c1ccc2c(c1)c(-c1cccc(N)c1C)cn2CCCCO. The van der Waals surface area contributed by atoms with E-state index in [9.17, 15) is 0 Å². The number of hydrogen-bond acceptors (Lipinski definition) is 2. The zero-order valence-corrected chi connectivity index (χ0v) is 13.8. The average molecular weight is 319 g/mol. The van der Waals surface area contributed by atoms with Crippen LogP contribution in [0.15, 0.2) is 42.6 Å². The number of aryl methyl sites for hydroxylation is 1. The largest absolute Gasteiger partial charge is 0.398 e. The van der Waals surface area contributed by atoms with Gasteiger partial charge < -0.3 is 15.4 Å². The molecule has 0 spiro atoms. The van der Waals surface area contributed by atoms with E-state index in [1.54, 1.807) is 0 Å². The second kappa shape index (κ2) is 6.77. The Morgan fingerprint density at radius 2 is 2.00 bits per heavy atom. The molecular formula is C20H21N3O. The molecule has 0 atom stereocenters. The van der Waals surface area contributed by atoms with Crippen LogP contribution in [0.4, 0.5) is 11.4 Å². The molecule has 4 nitrogen and oxygen atoms in total. The average Bonchev–Trinajstić information content (AvgIpc) is 2.95. The predicted octanol–water partition coefficient (Wildman–Crippen LogP) is 4.52. The summed E-state index contributed by atoms with van der Waals surface area (Å²) >= 11 is 0. The minimum atomic E-state index is 0.211. The first-order valence-electron chi connectivity index (χ1n) is 8.12. The third-order valence-corrected chi connectivity index (χ3v) is 4.47. The molecule has 3 aromatic rings. The zero-order valence-electron chi connectivity index (χ0n) is 13.8. The number of benzene rings is 2. The summed E-state index contributed by atoms with van der Waals surface area (Å²) in [5.41, 5.74) is 11.9. The number of rotatable bonds is 5. The summed E-state index contributed by atoms with van der Waals surface area (Å²) in [6, 6.07) is 11.8. The number of aliphatic hydroxyl groups excluding tert-OH is 1. The first-order chi connectivity index (χ1) is 11.7. The van der Waals surface area contributed by atoms with Gasteiger partial charge in [0.05, 0.1) is 6.57 Å². The Hall–Kier alpha value is -2.77. The molecule has 2 aromatic carbocycles. The van der Waals surface area contributed by atoms with Crippen molar-refractivity contribution in [3.8, 4) is 11.1 Å². The van der Waals surface area contributed by atoms with Crippen molar-refractivity contribution in [2.45, 2.75) is 26.3 Å². The van der Waals surface area contributed by atoms with Crippen LogP contribution < -0.4 is 5.73 Å². The van der Waals surface area contributed by atoms with E-state index in [0.29, 0.717) is 5.69 Å². The summed E-state index contributed by atoms with van der Waals surface area (Å²) in [5.74, 6) is 0. The number of fused-ring (bicyclic) bond motifs is 1. The highest BCUT2D eigenvalue weighted by molar-refractivity contribution is 5.99. The van der Waals surface area contributed by atoms with Gasteiger partial charge in [-0.15, -0.1) is 0 Å². The van der Waals surface area contributed by atoms with Crippen molar-refractivity contribution in [1.29, 1.82) is 0 Å². The highest BCUT2D eigenvalue weighted by Gasteiger charge is 2.13. The van der Waals surface area contributed by atoms with Gasteiger partial charge in [0.15, 0.2) is 5.69 Å². The number of nitrogens with zero attached hydrogens (tertiary/aromatic N) is 2. The molecule has 0 unspecified atom stereocenters. The molecular weight excluding hydrogens is 298 g/mol. The first-order valence-corrected chi connectivity index (χ1v) is 8.12. The summed E-state index contributed by atoms with van der Waals surface area (Å²) in [7, 11) is 0. The third-order valence-electron chi connectivity index (χ3n) is 4.47. The van der Waals surface area contributed by atoms with Crippen molar-refractivity contribution in [3.05, 3.63) is 59.6 Å². The Labute approximate surface area is 142 Å². The molecule has 3 N–H and O–H groups in total. The normalized spacial score (nSPS) is 10.9. The Morgan fingerprint density at radius 3 is 2.75 bits per heavy atom. The molecule has 0 amide bonds. The van der Waals surface area contributed by atoms with E-state index in [1.165, 1.54) is 0 Å². The van der Waals surface area contributed by atoms with Gasteiger partial charge in [-0.2, -0.15) is 0 Å². The number of aliphatic hydroxyl groups is 1. The van der Waals surface area contributed by atoms with E-state index in [4.69, 9.17) is 17.4 Å². The van der Waals surface area contributed by atoms with Crippen molar-refractivity contribution < 1.29 is 5.11 Å². The molecule has 0 aliphatic rings. The summed E-state index contributed by atoms with van der Waals surface area (Å²) in [4.78, 5) is 3.56. The molecule has 4 heteroatoms. The summed E-state index contributed by atoms with van der Waals surface area (Å²) in [5, 5.41) is 10.1. The lowest BCUT2D eigenvalue weighted by molar-refractivity contribution is 0.281. The van der Waals surface area contributed by atoms with Gasteiger partial charge in [-0.3, -0.25) is 0 Å². The molecule has 122 valence electrons. The molecule has 0 fully saturated rings. The molecule has 24 heavy (non-hydrogen) atoms. The lowest BCUT2D eigenvalue weighted by Crippen LogP contribution is -1.97. The van der Waals surface area contributed by atoms with E-state index < -0.39 is 0 Å². The van der Waals surface area contributed by atoms with Crippen LogP contribution in [0.5, 0.6) is 0 Å². The van der Waals surface area contributed by atoms with E-state index in [2.05, 4.69) is 21.7 Å². The quantitative estimate of drug-likeness (QED) is 0.412. The molecule has 1 heterocycles. The lowest BCUT2D eigenvalue weighted by atomic mass is 9.99. The molecule has 3 rings (SSSR count). The van der Waals surface area contributed by atoms with Crippen molar-refractivity contribution in [2.75, 3.05) is 12.3 Å². The van der Waals surface area contributed by atoms with Gasteiger partial charge in [0.1, 0.15) is 0 Å². The second-order valence-corrected chi connectivity index (χ2v) is 6.00. The number of nitrogens with two attached hydrogens (primary N) is 1. The van der Waals surface area contributed by atoms with E-state index in [-0.39, 0.29) is 6.61 Å². The van der Waals surface area contributed by atoms with Crippen LogP contribution in [-0.4, -0.2) is 16.3 Å². The molecule has 0 aliphatic heterocycles. The molecule has 0 radical (unpaired) electrons. The van der Waals surface area contributed by atoms with E-state index >= 15 is 0 Å². The standard InChI is InChI=1S/C20H21N3O/c1-14-16(6-5-7-19(14)21)18-13-23(10-3-4-11-24)20-9-8-15(22-2)12-17(18)20/h5-9,12-13,24H,3-4,10-11,21H2,1H3.